The summed E-state index contributed by atoms with van der Waals surface area (Å²) in [5.41, 5.74) is 2.55. The van der Waals surface area contributed by atoms with Crippen LogP contribution in [0.4, 0.5) is 32.3 Å². The van der Waals surface area contributed by atoms with Gasteiger partial charge in [-0.3, -0.25) is 10.1 Å². The maximum Gasteiger partial charge on any atom is 0.321 e. The third-order valence-corrected chi connectivity index (χ3v) is 5.49. The minimum Gasteiger partial charge on any atom is -0.380 e. The first-order valence-electron chi connectivity index (χ1n) is 10.6. The van der Waals surface area contributed by atoms with Gasteiger partial charge in [-0.1, -0.05) is 35.4 Å². The van der Waals surface area contributed by atoms with Crippen LogP contribution in [0, 0.1) is 24.0 Å². The number of nitrogens with zero attached hydrogens (tertiary/aromatic N) is 1. The van der Waals surface area contributed by atoms with Gasteiger partial charge in [-0.15, -0.1) is 0 Å². The van der Waals surface area contributed by atoms with Gasteiger partial charge in [0.15, 0.2) is 5.66 Å². The summed E-state index contributed by atoms with van der Waals surface area (Å²) in [6, 6.07) is 17.5. The van der Waals surface area contributed by atoms with Crippen molar-refractivity contribution in [2.45, 2.75) is 19.5 Å². The third kappa shape index (κ3) is 4.90. The summed E-state index contributed by atoms with van der Waals surface area (Å²) in [5.74, 6) is 0. The van der Waals surface area contributed by atoms with Gasteiger partial charge in [0.25, 0.3) is 5.69 Å². The second kappa shape index (κ2) is 9.10. The van der Waals surface area contributed by atoms with Gasteiger partial charge in [-0.2, -0.15) is 0 Å². The topological polar surface area (TPSA) is 137 Å². The van der Waals surface area contributed by atoms with Crippen molar-refractivity contribution in [2.75, 3.05) is 22.5 Å². The van der Waals surface area contributed by atoms with Crippen molar-refractivity contribution >= 4 is 34.8 Å². The Kier molecular flexibility index (Phi) is 6.05. The van der Waals surface area contributed by atoms with Crippen LogP contribution in [0.5, 0.6) is 0 Å². The number of amides is 4. The molecule has 174 valence electrons. The van der Waals surface area contributed by atoms with E-state index in [0.717, 1.165) is 11.1 Å². The van der Waals surface area contributed by atoms with Crippen molar-refractivity contribution in [1.82, 2.24) is 10.6 Å². The molecule has 10 heteroatoms. The van der Waals surface area contributed by atoms with Gasteiger partial charge in [0.05, 0.1) is 11.5 Å². The minimum absolute atomic E-state index is 0.0894. The van der Waals surface area contributed by atoms with Crippen LogP contribution in [0.3, 0.4) is 0 Å². The Balaban J connectivity index is 1.62. The van der Waals surface area contributed by atoms with Crippen LogP contribution in [0.25, 0.3) is 0 Å². The highest BCUT2D eigenvalue weighted by molar-refractivity contribution is 5.93. The fraction of sp³-hybridized carbons (Fsp3) is 0.167. The van der Waals surface area contributed by atoms with Gasteiger partial charge in [0.2, 0.25) is 0 Å². The Morgan fingerprint density at radius 3 is 1.82 bits per heavy atom. The predicted molar refractivity (Wildman–Crippen MR) is 130 cm³/mol. The molecule has 0 aromatic heterocycles. The molecular weight excluding hydrogens is 436 g/mol. The Morgan fingerprint density at radius 2 is 1.35 bits per heavy atom. The Labute approximate surface area is 195 Å². The molecule has 0 fully saturated rings. The SMILES string of the molecule is Cc1ccc(NC(=O)NC2(NC(=O)Nc3ccc(C)cc3)CNc3ccc([N+](=O)[O-])cc32)cc1. The summed E-state index contributed by atoms with van der Waals surface area (Å²) in [6.07, 6.45) is 0. The van der Waals surface area contributed by atoms with E-state index < -0.39 is 22.6 Å². The molecule has 0 saturated carbocycles. The normalized spacial score (nSPS) is 13.2. The van der Waals surface area contributed by atoms with Gasteiger partial charge in [0.1, 0.15) is 0 Å². The van der Waals surface area contributed by atoms with E-state index in [1.165, 1.54) is 12.1 Å². The Hall–Kier alpha value is -4.60. The van der Waals surface area contributed by atoms with Gasteiger partial charge in [0, 0.05) is 34.8 Å². The average molecular weight is 460 g/mol. The molecule has 0 bridgehead atoms. The lowest BCUT2D eigenvalue weighted by molar-refractivity contribution is -0.384. The van der Waals surface area contributed by atoms with E-state index >= 15 is 0 Å². The number of hydrogen-bond acceptors (Lipinski definition) is 5. The number of hydrogen-bond donors (Lipinski definition) is 5. The third-order valence-electron chi connectivity index (χ3n) is 5.49. The number of aryl methyl sites for hydroxylation is 2. The van der Waals surface area contributed by atoms with E-state index in [1.54, 1.807) is 30.3 Å². The number of carbonyl (C=O) groups excluding carboxylic acids is 2. The van der Waals surface area contributed by atoms with Gasteiger partial charge in [-0.25, -0.2) is 9.59 Å². The average Bonchev–Trinajstić information content (AvgIpc) is 3.14. The lowest BCUT2D eigenvalue weighted by atomic mass is 10.0. The second-order valence-electron chi connectivity index (χ2n) is 8.14. The summed E-state index contributed by atoms with van der Waals surface area (Å²) in [4.78, 5) is 36.7. The molecule has 5 N–H and O–H groups in total. The van der Waals surface area contributed by atoms with E-state index in [4.69, 9.17) is 0 Å². The molecule has 0 aliphatic carbocycles. The van der Waals surface area contributed by atoms with Crippen LogP contribution in [0.1, 0.15) is 16.7 Å². The molecule has 3 aromatic rings. The molecule has 0 spiro atoms. The lowest BCUT2D eigenvalue weighted by Gasteiger charge is -2.31. The van der Waals surface area contributed by atoms with Crippen molar-refractivity contribution in [3.05, 3.63) is 93.5 Å². The number of nitro groups is 1. The van der Waals surface area contributed by atoms with Crippen LogP contribution >= 0.6 is 0 Å². The van der Waals surface area contributed by atoms with E-state index in [2.05, 4.69) is 26.6 Å². The first kappa shape index (κ1) is 22.6. The molecule has 4 rings (SSSR count). The molecule has 1 aliphatic rings. The zero-order valence-corrected chi connectivity index (χ0v) is 18.6. The number of urea groups is 2. The molecule has 4 amide bonds. The number of benzene rings is 3. The molecule has 0 atom stereocenters. The predicted octanol–water partition coefficient (Wildman–Crippen LogP) is 4.43. The number of nitrogens with one attached hydrogen (secondary N) is 5. The van der Waals surface area contributed by atoms with Crippen LogP contribution in [0.2, 0.25) is 0 Å². The second-order valence-corrected chi connectivity index (χ2v) is 8.14. The van der Waals surface area contributed by atoms with E-state index in [-0.39, 0.29) is 12.2 Å². The van der Waals surface area contributed by atoms with Gasteiger partial charge < -0.3 is 26.6 Å². The monoisotopic (exact) mass is 460 g/mol. The zero-order valence-electron chi connectivity index (χ0n) is 18.6. The van der Waals surface area contributed by atoms with Gasteiger partial charge in [-0.05, 0) is 44.2 Å². The molecule has 1 aliphatic heterocycles. The highest BCUT2D eigenvalue weighted by atomic mass is 16.6. The molecular formula is C24H24N6O4. The molecule has 10 nitrogen and oxygen atoms in total. The maximum absolute atomic E-state index is 12.9. The van der Waals surface area contributed by atoms with E-state index in [1.807, 2.05) is 38.1 Å². The Bertz CT molecular complexity index is 1180. The molecule has 0 radical (unpaired) electrons. The smallest absolute Gasteiger partial charge is 0.321 e. The number of carbonyl (C=O) groups is 2. The van der Waals surface area contributed by atoms with Crippen molar-refractivity contribution in [1.29, 1.82) is 0 Å². The van der Waals surface area contributed by atoms with Crippen molar-refractivity contribution < 1.29 is 14.5 Å². The number of fused-ring (bicyclic) bond motifs is 1. The zero-order chi connectivity index (χ0) is 24.3. The van der Waals surface area contributed by atoms with Crippen LogP contribution in [0.15, 0.2) is 66.7 Å². The first-order valence-corrected chi connectivity index (χ1v) is 10.6. The number of non-ortho nitro benzene ring substituents is 1. The highest BCUT2D eigenvalue weighted by Crippen LogP contribution is 2.36. The van der Waals surface area contributed by atoms with Crippen LogP contribution < -0.4 is 26.6 Å². The lowest BCUT2D eigenvalue weighted by Crippen LogP contribution is -2.61. The van der Waals surface area contributed by atoms with Crippen molar-refractivity contribution in [3.63, 3.8) is 0 Å². The molecule has 0 unspecified atom stereocenters. The Morgan fingerprint density at radius 1 is 0.853 bits per heavy atom. The summed E-state index contributed by atoms with van der Waals surface area (Å²) < 4.78 is 0. The van der Waals surface area contributed by atoms with E-state index in [0.29, 0.717) is 22.6 Å². The quantitative estimate of drug-likeness (QED) is 0.218. The van der Waals surface area contributed by atoms with E-state index in [9.17, 15) is 19.7 Å². The summed E-state index contributed by atoms with van der Waals surface area (Å²) in [6.45, 7) is 3.96. The summed E-state index contributed by atoms with van der Waals surface area (Å²) >= 11 is 0. The molecule has 34 heavy (non-hydrogen) atoms. The minimum atomic E-state index is -1.44. The molecule has 1 heterocycles. The number of rotatable bonds is 5. The van der Waals surface area contributed by atoms with Crippen molar-refractivity contribution in [2.24, 2.45) is 0 Å². The largest absolute Gasteiger partial charge is 0.380 e. The summed E-state index contributed by atoms with van der Waals surface area (Å²) in [7, 11) is 0. The first-order chi connectivity index (χ1) is 16.2. The van der Waals surface area contributed by atoms with Gasteiger partial charge >= 0.3 is 12.1 Å². The fourth-order valence-corrected chi connectivity index (χ4v) is 3.72. The molecule has 3 aromatic carbocycles. The standard InChI is InChI=1S/C24H24N6O4/c1-15-3-7-17(8-4-15)26-22(31)28-24(29-23(32)27-18-9-5-16(2)6-10-18)14-25-21-12-11-19(30(33)34)13-20(21)24/h3-13,25H,14H2,1-2H3,(H2,26,28,31)(H2,27,29,32). The fourth-order valence-electron chi connectivity index (χ4n) is 3.72. The number of nitro benzene ring substituents is 1. The number of anilines is 3. The summed E-state index contributed by atoms with van der Waals surface area (Å²) in [5, 5.41) is 25.5. The molecule has 0 saturated heterocycles. The van der Waals surface area contributed by atoms with Crippen LogP contribution in [-0.2, 0) is 5.66 Å². The highest BCUT2D eigenvalue weighted by Gasteiger charge is 2.43. The van der Waals surface area contributed by atoms with Crippen molar-refractivity contribution in [3.8, 4) is 0 Å². The van der Waals surface area contributed by atoms with Crippen LogP contribution in [-0.4, -0.2) is 23.5 Å². The maximum atomic E-state index is 12.9.